The summed E-state index contributed by atoms with van der Waals surface area (Å²) in [5, 5.41) is 0. The molecule has 0 bridgehead atoms. The van der Waals surface area contributed by atoms with Crippen LogP contribution < -0.4 is 4.90 Å². The fraction of sp³-hybridized carbons (Fsp3) is 0.583. The van der Waals surface area contributed by atoms with Crippen molar-refractivity contribution >= 4 is 5.69 Å². The molecule has 0 amide bonds. The molecule has 6 heteroatoms. The molecule has 0 fully saturated rings. The lowest BCUT2D eigenvalue weighted by atomic mass is 10.1. The third-order valence-corrected chi connectivity index (χ3v) is 2.90. The second-order valence-electron chi connectivity index (χ2n) is 4.22. The number of hydrogen-bond donors (Lipinski definition) is 0. The van der Waals surface area contributed by atoms with Crippen LogP contribution >= 0.6 is 0 Å². The Bertz CT molecular complexity index is 397. The first-order valence-corrected chi connectivity index (χ1v) is 5.87. The van der Waals surface area contributed by atoms with Crippen LogP contribution in [0.2, 0.25) is 0 Å². The Balaban J connectivity index is 3.20. The molecule has 1 rings (SSSR count). The van der Waals surface area contributed by atoms with E-state index in [1.165, 1.54) is 4.90 Å². The summed E-state index contributed by atoms with van der Waals surface area (Å²) >= 11 is 0. The minimum absolute atomic E-state index is 0.156. The van der Waals surface area contributed by atoms with E-state index in [0.717, 1.165) is 6.42 Å². The van der Waals surface area contributed by atoms with Gasteiger partial charge in [-0.1, -0.05) is 20.3 Å². The van der Waals surface area contributed by atoms with E-state index in [1.54, 1.807) is 6.92 Å². The third-order valence-electron chi connectivity index (χ3n) is 2.90. The van der Waals surface area contributed by atoms with Crippen LogP contribution in [-0.4, -0.2) is 18.1 Å². The van der Waals surface area contributed by atoms with E-state index in [2.05, 4.69) is 4.98 Å². The first-order chi connectivity index (χ1) is 8.42. The zero-order valence-corrected chi connectivity index (χ0v) is 10.6. The molecule has 0 radical (unpaired) electrons. The molecule has 0 aliphatic carbocycles. The SMILES string of the molecule is CCC(C)CN(CC)c1c(F)c(F)nc(F)c1F. The minimum atomic E-state index is -1.62. The maximum Gasteiger partial charge on any atom is 0.253 e. The highest BCUT2D eigenvalue weighted by molar-refractivity contribution is 5.48. The number of aromatic nitrogens is 1. The number of rotatable bonds is 5. The van der Waals surface area contributed by atoms with Crippen LogP contribution in [0.5, 0.6) is 0 Å². The number of pyridine rings is 1. The molecule has 0 saturated heterocycles. The second-order valence-corrected chi connectivity index (χ2v) is 4.22. The fourth-order valence-corrected chi connectivity index (χ4v) is 1.64. The van der Waals surface area contributed by atoms with Gasteiger partial charge in [0.2, 0.25) is 11.6 Å². The maximum absolute atomic E-state index is 13.5. The van der Waals surface area contributed by atoms with Gasteiger partial charge >= 0.3 is 0 Å². The number of hydrogen-bond acceptors (Lipinski definition) is 2. The number of halogens is 4. The summed E-state index contributed by atoms with van der Waals surface area (Å²) in [6, 6.07) is 0. The van der Waals surface area contributed by atoms with Gasteiger partial charge in [0.1, 0.15) is 5.69 Å². The average molecular weight is 264 g/mol. The second kappa shape index (κ2) is 6.02. The van der Waals surface area contributed by atoms with Gasteiger partial charge in [0.05, 0.1) is 0 Å². The lowest BCUT2D eigenvalue weighted by molar-refractivity contribution is 0.403. The van der Waals surface area contributed by atoms with E-state index in [-0.39, 0.29) is 12.5 Å². The Morgan fingerprint density at radius 3 is 1.94 bits per heavy atom. The van der Waals surface area contributed by atoms with Gasteiger partial charge in [-0.15, -0.1) is 0 Å². The molecule has 1 heterocycles. The Hall–Kier alpha value is -1.33. The van der Waals surface area contributed by atoms with Gasteiger partial charge in [0.15, 0.2) is 0 Å². The Morgan fingerprint density at radius 2 is 1.56 bits per heavy atom. The van der Waals surface area contributed by atoms with E-state index in [9.17, 15) is 17.6 Å². The smallest absolute Gasteiger partial charge is 0.253 e. The minimum Gasteiger partial charge on any atom is -0.367 e. The van der Waals surface area contributed by atoms with Gasteiger partial charge in [-0.25, -0.2) is 0 Å². The number of anilines is 1. The average Bonchev–Trinajstić information content (AvgIpc) is 2.35. The van der Waals surface area contributed by atoms with Crippen molar-refractivity contribution in [2.45, 2.75) is 27.2 Å². The van der Waals surface area contributed by atoms with Crippen LogP contribution in [0.3, 0.4) is 0 Å². The lowest BCUT2D eigenvalue weighted by Gasteiger charge is -2.26. The Labute approximate surface area is 104 Å². The molecule has 0 aliphatic rings. The summed E-state index contributed by atoms with van der Waals surface area (Å²) in [4.78, 5) is 3.82. The van der Waals surface area contributed by atoms with Crippen LogP contribution in [0.1, 0.15) is 27.2 Å². The zero-order chi connectivity index (χ0) is 13.9. The topological polar surface area (TPSA) is 16.1 Å². The van der Waals surface area contributed by atoms with E-state index in [4.69, 9.17) is 0 Å². The molecule has 1 aromatic heterocycles. The summed E-state index contributed by atoms with van der Waals surface area (Å²) < 4.78 is 53.1. The standard InChI is InChI=1S/C12H16F4N2/c1-4-7(3)6-18(5-2)10-8(13)11(15)17-12(16)9(10)14/h7H,4-6H2,1-3H3. The summed E-state index contributed by atoms with van der Waals surface area (Å²) in [6.07, 6.45) is 0.801. The molecule has 102 valence electrons. The molecule has 1 aromatic rings. The van der Waals surface area contributed by atoms with E-state index < -0.39 is 29.2 Å². The lowest BCUT2D eigenvalue weighted by Crippen LogP contribution is -2.30. The third kappa shape index (κ3) is 2.91. The fourth-order valence-electron chi connectivity index (χ4n) is 1.64. The first-order valence-electron chi connectivity index (χ1n) is 5.87. The predicted molar refractivity (Wildman–Crippen MR) is 61.4 cm³/mol. The normalized spacial score (nSPS) is 12.6. The molecule has 0 N–H and O–H groups in total. The Morgan fingerprint density at radius 1 is 1.06 bits per heavy atom. The monoisotopic (exact) mass is 264 g/mol. The molecular formula is C12H16F4N2. The van der Waals surface area contributed by atoms with Crippen molar-refractivity contribution in [2.75, 3.05) is 18.0 Å². The maximum atomic E-state index is 13.5. The summed E-state index contributed by atoms with van der Waals surface area (Å²) in [5.74, 6) is -5.97. The molecule has 0 spiro atoms. The Kier molecular flexibility index (Phi) is 4.93. The highest BCUT2D eigenvalue weighted by atomic mass is 19.2. The van der Waals surface area contributed by atoms with Crippen molar-refractivity contribution in [1.29, 1.82) is 0 Å². The molecular weight excluding hydrogens is 248 g/mol. The predicted octanol–water partition coefficient (Wildman–Crippen LogP) is 3.51. The molecule has 2 nitrogen and oxygen atoms in total. The molecule has 18 heavy (non-hydrogen) atoms. The quantitative estimate of drug-likeness (QED) is 0.597. The van der Waals surface area contributed by atoms with Gasteiger partial charge in [0.25, 0.3) is 11.9 Å². The van der Waals surface area contributed by atoms with Crippen LogP contribution in [-0.2, 0) is 0 Å². The summed E-state index contributed by atoms with van der Waals surface area (Å²) in [5.41, 5.74) is -0.678. The van der Waals surface area contributed by atoms with Crippen LogP contribution in [0.4, 0.5) is 23.2 Å². The van der Waals surface area contributed by atoms with Crippen molar-refractivity contribution in [2.24, 2.45) is 5.92 Å². The van der Waals surface area contributed by atoms with Crippen LogP contribution in [0.15, 0.2) is 0 Å². The van der Waals surface area contributed by atoms with Crippen molar-refractivity contribution in [1.82, 2.24) is 4.98 Å². The highest BCUT2D eigenvalue weighted by Crippen LogP contribution is 2.27. The highest BCUT2D eigenvalue weighted by Gasteiger charge is 2.25. The van der Waals surface area contributed by atoms with Crippen molar-refractivity contribution in [3.63, 3.8) is 0 Å². The van der Waals surface area contributed by atoms with E-state index in [0.29, 0.717) is 6.54 Å². The van der Waals surface area contributed by atoms with Gasteiger partial charge < -0.3 is 4.90 Å². The van der Waals surface area contributed by atoms with Crippen LogP contribution in [0, 0.1) is 29.4 Å². The molecule has 0 aromatic carbocycles. The van der Waals surface area contributed by atoms with Gasteiger partial charge in [0, 0.05) is 13.1 Å². The van der Waals surface area contributed by atoms with Crippen molar-refractivity contribution in [3.8, 4) is 0 Å². The van der Waals surface area contributed by atoms with Gasteiger partial charge in [-0.3, -0.25) is 0 Å². The molecule has 1 atom stereocenters. The summed E-state index contributed by atoms with van der Waals surface area (Å²) in [6.45, 7) is 6.06. The summed E-state index contributed by atoms with van der Waals surface area (Å²) in [7, 11) is 0. The van der Waals surface area contributed by atoms with Gasteiger partial charge in [-0.2, -0.15) is 22.5 Å². The van der Waals surface area contributed by atoms with E-state index >= 15 is 0 Å². The molecule has 0 aliphatic heterocycles. The molecule has 0 saturated carbocycles. The van der Waals surface area contributed by atoms with Gasteiger partial charge in [-0.05, 0) is 12.8 Å². The number of nitrogens with zero attached hydrogens (tertiary/aromatic N) is 2. The molecule has 1 unspecified atom stereocenters. The van der Waals surface area contributed by atoms with Crippen LogP contribution in [0.25, 0.3) is 0 Å². The van der Waals surface area contributed by atoms with Crippen molar-refractivity contribution < 1.29 is 17.6 Å². The zero-order valence-electron chi connectivity index (χ0n) is 10.6. The largest absolute Gasteiger partial charge is 0.367 e. The van der Waals surface area contributed by atoms with E-state index in [1.807, 2.05) is 13.8 Å². The van der Waals surface area contributed by atoms with Crippen molar-refractivity contribution in [3.05, 3.63) is 23.5 Å². The first kappa shape index (κ1) is 14.7.